The fourth-order valence-corrected chi connectivity index (χ4v) is 3.46. The van der Waals surface area contributed by atoms with Crippen LogP contribution in [0.5, 0.6) is 0 Å². The van der Waals surface area contributed by atoms with Crippen LogP contribution < -0.4 is 5.32 Å². The van der Waals surface area contributed by atoms with E-state index in [1.165, 1.54) is 57.9 Å². The van der Waals surface area contributed by atoms with Gasteiger partial charge >= 0.3 is 0 Å². The first-order valence-electron chi connectivity index (χ1n) is 6.13. The van der Waals surface area contributed by atoms with Gasteiger partial charge in [-0.1, -0.05) is 32.1 Å². The Bertz CT molecular complexity index is 189. The van der Waals surface area contributed by atoms with E-state index in [-0.39, 0.29) is 0 Å². The lowest BCUT2D eigenvalue weighted by molar-refractivity contribution is 0.259. The van der Waals surface area contributed by atoms with E-state index in [0.29, 0.717) is 5.54 Å². The molecule has 1 N–H and O–H groups in total. The molecule has 2 aliphatic carbocycles. The zero-order valence-corrected chi connectivity index (χ0v) is 8.52. The Labute approximate surface area is 81.3 Å². The molecule has 74 valence electrons. The van der Waals surface area contributed by atoms with E-state index < -0.39 is 0 Å². The van der Waals surface area contributed by atoms with Crippen molar-refractivity contribution in [3.8, 4) is 0 Å². The average molecular weight is 179 g/mol. The van der Waals surface area contributed by atoms with Crippen molar-refractivity contribution in [2.45, 2.75) is 56.9 Å². The molecule has 0 aromatic heterocycles. The fourth-order valence-electron chi connectivity index (χ4n) is 3.46. The van der Waals surface area contributed by atoms with Gasteiger partial charge in [-0.15, -0.1) is 0 Å². The van der Waals surface area contributed by atoms with E-state index in [0.717, 1.165) is 11.8 Å². The standard InChI is InChI=1S/C12H21N/c1-2-4-10(5-3-1)11-8-12(6-7-12)13-9-11/h10-11,13H,1-9H2. The van der Waals surface area contributed by atoms with Crippen molar-refractivity contribution in [3.63, 3.8) is 0 Å². The van der Waals surface area contributed by atoms with Crippen LogP contribution in [0, 0.1) is 11.8 Å². The topological polar surface area (TPSA) is 12.0 Å². The molecule has 0 aromatic carbocycles. The van der Waals surface area contributed by atoms with Gasteiger partial charge in [0.2, 0.25) is 0 Å². The molecule has 1 spiro atoms. The molecule has 0 amide bonds. The summed E-state index contributed by atoms with van der Waals surface area (Å²) in [7, 11) is 0. The van der Waals surface area contributed by atoms with Crippen molar-refractivity contribution < 1.29 is 0 Å². The van der Waals surface area contributed by atoms with E-state index in [1.54, 1.807) is 0 Å². The molecule has 1 heterocycles. The van der Waals surface area contributed by atoms with E-state index in [9.17, 15) is 0 Å². The quantitative estimate of drug-likeness (QED) is 0.652. The summed E-state index contributed by atoms with van der Waals surface area (Å²) in [4.78, 5) is 0. The summed E-state index contributed by atoms with van der Waals surface area (Å²) < 4.78 is 0. The molecule has 1 aliphatic heterocycles. The first kappa shape index (κ1) is 8.28. The Balaban J connectivity index is 1.59. The van der Waals surface area contributed by atoms with Gasteiger partial charge in [0, 0.05) is 5.54 Å². The van der Waals surface area contributed by atoms with Crippen molar-refractivity contribution in [2.75, 3.05) is 6.54 Å². The lowest BCUT2D eigenvalue weighted by Gasteiger charge is -2.26. The maximum absolute atomic E-state index is 3.75. The monoisotopic (exact) mass is 179 g/mol. The predicted octanol–water partition coefficient (Wildman–Crippen LogP) is 2.71. The zero-order chi connectivity index (χ0) is 8.73. The molecule has 0 radical (unpaired) electrons. The Kier molecular flexibility index (Phi) is 1.90. The molecule has 3 rings (SSSR count). The molecule has 1 nitrogen and oxygen atoms in total. The predicted molar refractivity (Wildman–Crippen MR) is 54.6 cm³/mol. The molecule has 3 fully saturated rings. The molecule has 0 bridgehead atoms. The number of rotatable bonds is 1. The van der Waals surface area contributed by atoms with E-state index >= 15 is 0 Å². The third-order valence-corrected chi connectivity index (χ3v) is 4.56. The van der Waals surface area contributed by atoms with E-state index in [1.807, 2.05) is 0 Å². The Morgan fingerprint density at radius 1 is 0.923 bits per heavy atom. The van der Waals surface area contributed by atoms with Gasteiger partial charge in [-0.25, -0.2) is 0 Å². The van der Waals surface area contributed by atoms with Gasteiger partial charge in [-0.05, 0) is 37.6 Å². The smallest absolute Gasteiger partial charge is 0.0186 e. The van der Waals surface area contributed by atoms with E-state index in [4.69, 9.17) is 0 Å². The number of hydrogen-bond acceptors (Lipinski definition) is 1. The van der Waals surface area contributed by atoms with Crippen LogP contribution in [0.15, 0.2) is 0 Å². The first-order chi connectivity index (χ1) is 6.38. The number of nitrogens with one attached hydrogen (secondary N) is 1. The van der Waals surface area contributed by atoms with Crippen LogP contribution in [-0.4, -0.2) is 12.1 Å². The van der Waals surface area contributed by atoms with Crippen molar-refractivity contribution in [1.82, 2.24) is 5.32 Å². The minimum Gasteiger partial charge on any atom is -0.311 e. The van der Waals surface area contributed by atoms with Crippen LogP contribution in [0.4, 0.5) is 0 Å². The Hall–Kier alpha value is -0.0400. The molecule has 3 aliphatic rings. The Morgan fingerprint density at radius 3 is 2.31 bits per heavy atom. The summed E-state index contributed by atoms with van der Waals surface area (Å²) in [5.74, 6) is 2.13. The third kappa shape index (κ3) is 1.52. The molecule has 13 heavy (non-hydrogen) atoms. The highest BCUT2D eigenvalue weighted by molar-refractivity contribution is 5.08. The van der Waals surface area contributed by atoms with Gasteiger partial charge in [-0.2, -0.15) is 0 Å². The third-order valence-electron chi connectivity index (χ3n) is 4.56. The van der Waals surface area contributed by atoms with Crippen LogP contribution in [0.1, 0.15) is 51.4 Å². The highest BCUT2D eigenvalue weighted by Gasteiger charge is 2.49. The van der Waals surface area contributed by atoms with Crippen LogP contribution in [0.3, 0.4) is 0 Å². The molecule has 1 atom stereocenters. The van der Waals surface area contributed by atoms with Gasteiger partial charge in [0.15, 0.2) is 0 Å². The largest absolute Gasteiger partial charge is 0.311 e. The molecule has 1 heteroatoms. The lowest BCUT2D eigenvalue weighted by Crippen LogP contribution is -2.23. The van der Waals surface area contributed by atoms with Gasteiger partial charge in [0.1, 0.15) is 0 Å². The summed E-state index contributed by atoms with van der Waals surface area (Å²) in [5.41, 5.74) is 0.669. The Morgan fingerprint density at radius 2 is 1.69 bits per heavy atom. The van der Waals surface area contributed by atoms with Crippen molar-refractivity contribution >= 4 is 0 Å². The SMILES string of the molecule is C1CCC(C2CNC3(CC3)C2)CC1. The molecular weight excluding hydrogens is 158 g/mol. The van der Waals surface area contributed by atoms with Gasteiger partial charge in [-0.3, -0.25) is 0 Å². The maximum atomic E-state index is 3.75. The summed E-state index contributed by atoms with van der Waals surface area (Å²) in [6, 6.07) is 0. The highest BCUT2D eigenvalue weighted by Crippen LogP contribution is 2.48. The maximum Gasteiger partial charge on any atom is 0.0186 e. The molecular formula is C12H21N. The average Bonchev–Trinajstić information content (AvgIpc) is 2.78. The second-order valence-corrected chi connectivity index (χ2v) is 5.52. The summed E-state index contributed by atoms with van der Waals surface area (Å²) in [5, 5.41) is 3.75. The van der Waals surface area contributed by atoms with Crippen molar-refractivity contribution in [2.24, 2.45) is 11.8 Å². The minimum atomic E-state index is 0.669. The van der Waals surface area contributed by atoms with E-state index in [2.05, 4.69) is 5.32 Å². The second kappa shape index (κ2) is 2.98. The van der Waals surface area contributed by atoms with Gasteiger partial charge in [0.25, 0.3) is 0 Å². The molecule has 0 aromatic rings. The molecule has 2 saturated carbocycles. The number of hydrogen-bond donors (Lipinski definition) is 1. The second-order valence-electron chi connectivity index (χ2n) is 5.52. The summed E-state index contributed by atoms with van der Waals surface area (Å²) in [6.45, 7) is 1.34. The van der Waals surface area contributed by atoms with Gasteiger partial charge in [0.05, 0.1) is 0 Å². The van der Waals surface area contributed by atoms with Crippen molar-refractivity contribution in [1.29, 1.82) is 0 Å². The summed E-state index contributed by atoms with van der Waals surface area (Å²) >= 11 is 0. The lowest BCUT2D eigenvalue weighted by atomic mass is 9.79. The van der Waals surface area contributed by atoms with Crippen LogP contribution in [0.25, 0.3) is 0 Å². The van der Waals surface area contributed by atoms with Crippen LogP contribution in [0.2, 0.25) is 0 Å². The minimum absolute atomic E-state index is 0.669. The molecule has 1 saturated heterocycles. The normalized spacial score (nSPS) is 38.3. The fraction of sp³-hybridized carbons (Fsp3) is 1.00. The zero-order valence-electron chi connectivity index (χ0n) is 8.52. The summed E-state index contributed by atoms with van der Waals surface area (Å²) in [6.07, 6.45) is 12.0. The van der Waals surface area contributed by atoms with Crippen molar-refractivity contribution in [3.05, 3.63) is 0 Å². The van der Waals surface area contributed by atoms with Crippen LogP contribution in [-0.2, 0) is 0 Å². The highest BCUT2D eigenvalue weighted by atomic mass is 15.1. The van der Waals surface area contributed by atoms with Crippen LogP contribution >= 0.6 is 0 Å². The first-order valence-corrected chi connectivity index (χ1v) is 6.13. The molecule has 1 unspecified atom stereocenters. The van der Waals surface area contributed by atoms with Gasteiger partial charge < -0.3 is 5.32 Å².